The summed E-state index contributed by atoms with van der Waals surface area (Å²) in [4.78, 5) is 13.5. The summed E-state index contributed by atoms with van der Waals surface area (Å²) in [6, 6.07) is 0.352. The number of thioether (sulfide) groups is 1. The lowest BCUT2D eigenvalue weighted by molar-refractivity contribution is -0.119. The maximum absolute atomic E-state index is 12.2. The first kappa shape index (κ1) is 19.2. The van der Waals surface area contributed by atoms with Crippen LogP contribution >= 0.6 is 23.1 Å². The van der Waals surface area contributed by atoms with Crippen molar-refractivity contribution in [1.82, 2.24) is 20.1 Å². The van der Waals surface area contributed by atoms with Gasteiger partial charge in [0.25, 0.3) is 0 Å². The first-order valence-corrected chi connectivity index (χ1v) is 11.0. The lowest BCUT2D eigenvalue weighted by Crippen LogP contribution is -2.33. The second-order valence-electron chi connectivity index (χ2n) is 6.58. The summed E-state index contributed by atoms with van der Waals surface area (Å²) in [6.07, 6.45) is 7.46. The Kier molecular flexibility index (Phi) is 6.53. The Morgan fingerprint density at radius 1 is 1.46 bits per heavy atom. The summed E-state index contributed by atoms with van der Waals surface area (Å²) in [6.45, 7) is 8.80. The maximum atomic E-state index is 12.2. The summed E-state index contributed by atoms with van der Waals surface area (Å²) in [5.41, 5.74) is 2.47. The normalized spacial score (nSPS) is 14.7. The smallest absolute Gasteiger partial charge is 0.230 e. The summed E-state index contributed by atoms with van der Waals surface area (Å²) in [5, 5.41) is 14.8. The highest BCUT2D eigenvalue weighted by Crippen LogP contribution is 2.32. The molecule has 0 aliphatic heterocycles. The number of allylic oxidation sites excluding steroid dienone is 1. The third kappa shape index (κ3) is 4.20. The van der Waals surface area contributed by atoms with E-state index in [1.165, 1.54) is 35.0 Å². The van der Waals surface area contributed by atoms with Gasteiger partial charge < -0.3 is 5.32 Å². The molecule has 1 aliphatic carbocycles. The number of thiophene rings is 1. The van der Waals surface area contributed by atoms with Crippen LogP contribution in [0.5, 0.6) is 0 Å². The number of nitrogens with one attached hydrogen (secondary N) is 1. The van der Waals surface area contributed by atoms with Gasteiger partial charge in [-0.25, -0.2) is 0 Å². The molecule has 2 aromatic rings. The number of aromatic nitrogens is 3. The van der Waals surface area contributed by atoms with E-state index in [9.17, 15) is 4.79 Å². The Hall–Kier alpha value is -1.60. The van der Waals surface area contributed by atoms with Gasteiger partial charge in [0.05, 0.1) is 5.75 Å². The molecule has 26 heavy (non-hydrogen) atoms. The molecule has 0 saturated heterocycles. The molecule has 0 unspecified atom stereocenters. The first-order valence-electron chi connectivity index (χ1n) is 9.17. The van der Waals surface area contributed by atoms with Crippen molar-refractivity contribution in [2.45, 2.75) is 63.7 Å². The topological polar surface area (TPSA) is 59.8 Å². The summed E-state index contributed by atoms with van der Waals surface area (Å²) in [5.74, 6) is 1.32. The van der Waals surface area contributed by atoms with E-state index in [-0.39, 0.29) is 5.91 Å². The van der Waals surface area contributed by atoms with Crippen LogP contribution in [0.3, 0.4) is 0 Å². The quantitative estimate of drug-likeness (QED) is 0.542. The van der Waals surface area contributed by atoms with Gasteiger partial charge in [-0.2, -0.15) is 0 Å². The van der Waals surface area contributed by atoms with Crippen LogP contribution < -0.4 is 5.32 Å². The molecule has 0 bridgehead atoms. The standard InChI is InChI=1S/C19H26N4OS2/c1-4-10-23-18(16-11-25-13(3)15(16)5-2)21-22-19(23)26-12-17(24)20-14-8-6-7-9-14/h4,11,14H,1,5-10,12H2,2-3H3,(H,20,24). The minimum absolute atomic E-state index is 0.0808. The Morgan fingerprint density at radius 2 is 2.23 bits per heavy atom. The number of amides is 1. The van der Waals surface area contributed by atoms with Gasteiger partial charge in [-0.15, -0.1) is 28.1 Å². The third-order valence-corrected chi connectivity index (χ3v) is 6.70. The van der Waals surface area contributed by atoms with Gasteiger partial charge in [0.15, 0.2) is 11.0 Å². The lowest BCUT2D eigenvalue weighted by Gasteiger charge is -2.12. The molecule has 7 heteroatoms. The minimum atomic E-state index is 0.0808. The van der Waals surface area contributed by atoms with Crippen molar-refractivity contribution in [3.05, 3.63) is 28.5 Å². The van der Waals surface area contributed by atoms with E-state index < -0.39 is 0 Å². The first-order chi connectivity index (χ1) is 12.6. The van der Waals surface area contributed by atoms with Gasteiger partial charge in [-0.05, 0) is 31.7 Å². The van der Waals surface area contributed by atoms with Gasteiger partial charge >= 0.3 is 0 Å². The number of aryl methyl sites for hydroxylation is 1. The van der Waals surface area contributed by atoms with Gasteiger partial charge in [-0.1, -0.05) is 37.6 Å². The van der Waals surface area contributed by atoms with E-state index in [1.54, 1.807) is 11.3 Å². The van der Waals surface area contributed by atoms with Crippen LogP contribution in [0.4, 0.5) is 0 Å². The Balaban J connectivity index is 1.74. The fourth-order valence-corrected chi connectivity index (χ4v) is 5.16. The fourth-order valence-electron chi connectivity index (χ4n) is 3.46. The van der Waals surface area contributed by atoms with Crippen LogP contribution in [0.2, 0.25) is 0 Å². The zero-order valence-electron chi connectivity index (χ0n) is 15.5. The van der Waals surface area contributed by atoms with E-state index in [4.69, 9.17) is 0 Å². The van der Waals surface area contributed by atoms with Gasteiger partial charge in [0.1, 0.15) is 0 Å². The predicted octanol–water partition coefficient (Wildman–Crippen LogP) is 4.21. The molecule has 1 N–H and O–H groups in total. The van der Waals surface area contributed by atoms with E-state index in [0.29, 0.717) is 18.3 Å². The van der Waals surface area contributed by atoms with Gasteiger partial charge in [-0.3, -0.25) is 9.36 Å². The molecule has 3 rings (SSSR count). The molecule has 5 nitrogen and oxygen atoms in total. The van der Waals surface area contributed by atoms with Crippen molar-refractivity contribution in [3.8, 4) is 11.4 Å². The molecule has 1 amide bonds. The molecule has 2 heterocycles. The predicted molar refractivity (Wildman–Crippen MR) is 109 cm³/mol. The maximum Gasteiger partial charge on any atom is 0.230 e. The number of carbonyl (C=O) groups excluding carboxylic acids is 1. The molecule has 1 fully saturated rings. The molecule has 1 saturated carbocycles. The molecular weight excluding hydrogens is 364 g/mol. The van der Waals surface area contributed by atoms with Crippen LogP contribution in [0.15, 0.2) is 23.2 Å². The van der Waals surface area contributed by atoms with Crippen LogP contribution in [-0.4, -0.2) is 32.5 Å². The summed E-state index contributed by atoms with van der Waals surface area (Å²) < 4.78 is 2.06. The molecule has 2 aromatic heterocycles. The molecule has 1 aliphatic rings. The monoisotopic (exact) mass is 390 g/mol. The summed E-state index contributed by atoms with van der Waals surface area (Å²) in [7, 11) is 0. The van der Waals surface area contributed by atoms with Crippen molar-refractivity contribution in [2.75, 3.05) is 5.75 Å². The highest BCUT2D eigenvalue weighted by molar-refractivity contribution is 7.99. The average molecular weight is 391 g/mol. The van der Waals surface area contributed by atoms with E-state index in [2.05, 4.69) is 45.9 Å². The Bertz CT molecular complexity index is 775. The highest BCUT2D eigenvalue weighted by atomic mass is 32.2. The largest absolute Gasteiger partial charge is 0.353 e. The lowest BCUT2D eigenvalue weighted by atomic mass is 10.1. The van der Waals surface area contributed by atoms with Crippen LogP contribution in [0.25, 0.3) is 11.4 Å². The SMILES string of the molecule is C=CCn1c(SCC(=O)NC2CCCC2)nnc1-c1csc(C)c1CC. The number of rotatable bonds is 8. The van der Waals surface area contributed by atoms with E-state index in [1.807, 2.05) is 6.08 Å². The number of hydrogen-bond acceptors (Lipinski definition) is 5. The molecule has 0 spiro atoms. The second-order valence-corrected chi connectivity index (χ2v) is 8.61. The molecule has 0 radical (unpaired) electrons. The fraction of sp³-hybridized carbons (Fsp3) is 0.526. The second kappa shape index (κ2) is 8.86. The molecule has 140 valence electrons. The van der Waals surface area contributed by atoms with Crippen molar-refractivity contribution < 1.29 is 4.79 Å². The van der Waals surface area contributed by atoms with Crippen LogP contribution in [0, 0.1) is 6.92 Å². The highest BCUT2D eigenvalue weighted by Gasteiger charge is 2.20. The number of carbonyl (C=O) groups is 1. The van der Waals surface area contributed by atoms with Gasteiger partial charge in [0, 0.05) is 28.4 Å². The average Bonchev–Trinajstić information content (AvgIpc) is 3.34. The van der Waals surface area contributed by atoms with Gasteiger partial charge in [0.2, 0.25) is 5.91 Å². The molecule has 0 aromatic carbocycles. The van der Waals surface area contributed by atoms with E-state index >= 15 is 0 Å². The third-order valence-electron chi connectivity index (χ3n) is 4.78. The van der Waals surface area contributed by atoms with Crippen LogP contribution in [-0.2, 0) is 17.8 Å². The minimum Gasteiger partial charge on any atom is -0.353 e. The Morgan fingerprint density at radius 3 is 2.92 bits per heavy atom. The number of hydrogen-bond donors (Lipinski definition) is 1. The van der Waals surface area contributed by atoms with E-state index in [0.717, 1.165) is 35.8 Å². The summed E-state index contributed by atoms with van der Waals surface area (Å²) >= 11 is 3.19. The zero-order valence-corrected chi connectivity index (χ0v) is 17.1. The van der Waals surface area contributed by atoms with Crippen molar-refractivity contribution in [3.63, 3.8) is 0 Å². The van der Waals surface area contributed by atoms with Crippen molar-refractivity contribution in [2.24, 2.45) is 0 Å². The Labute approximate surface area is 163 Å². The van der Waals surface area contributed by atoms with Crippen molar-refractivity contribution >= 4 is 29.0 Å². The molecule has 0 atom stereocenters. The molecular formula is C19H26N4OS2. The van der Waals surface area contributed by atoms with Crippen molar-refractivity contribution in [1.29, 1.82) is 0 Å². The zero-order chi connectivity index (χ0) is 18.5. The van der Waals surface area contributed by atoms with Crippen LogP contribution in [0.1, 0.15) is 43.0 Å². The number of nitrogens with zero attached hydrogens (tertiary/aromatic N) is 3.